The average molecular weight is 229 g/mol. The van der Waals surface area contributed by atoms with Crippen molar-refractivity contribution < 1.29 is 9.53 Å². The lowest BCUT2D eigenvalue weighted by Gasteiger charge is -2.37. The van der Waals surface area contributed by atoms with Gasteiger partial charge in [0.25, 0.3) is 0 Å². The van der Waals surface area contributed by atoms with Crippen LogP contribution < -0.4 is 0 Å². The maximum atomic E-state index is 11.5. The van der Waals surface area contributed by atoms with Gasteiger partial charge in [0.15, 0.2) is 0 Å². The number of carbonyl (C=O) groups excluding carboxylic acids is 1. The van der Waals surface area contributed by atoms with E-state index in [4.69, 9.17) is 4.74 Å². The van der Waals surface area contributed by atoms with Crippen LogP contribution in [-0.4, -0.2) is 29.2 Å². The van der Waals surface area contributed by atoms with E-state index >= 15 is 0 Å². The van der Waals surface area contributed by atoms with Crippen LogP contribution in [0.3, 0.4) is 0 Å². The number of amides is 1. The average Bonchev–Trinajstić information content (AvgIpc) is 1.98. The van der Waals surface area contributed by atoms with E-state index in [2.05, 4.69) is 20.8 Å². The number of nitrogens with zero attached hydrogens (tertiary/aromatic N) is 1. The predicted octanol–water partition coefficient (Wildman–Crippen LogP) is 3.04. The summed E-state index contributed by atoms with van der Waals surface area (Å²) in [5.74, 6) is 0.0496. The predicted molar refractivity (Wildman–Crippen MR) is 67.1 cm³/mol. The zero-order valence-electron chi connectivity index (χ0n) is 12.0. The van der Waals surface area contributed by atoms with Gasteiger partial charge in [-0.15, -0.1) is 0 Å². The standard InChI is InChI=1S/C13H27NO2/c1-10(12(3,4)5)16-9-14(11(2)15)13(6,7)8/h10H,9H2,1-8H3. The highest BCUT2D eigenvalue weighted by Gasteiger charge is 2.27. The summed E-state index contributed by atoms with van der Waals surface area (Å²) < 4.78 is 5.76. The molecular formula is C13H27NO2. The molecule has 1 atom stereocenters. The summed E-state index contributed by atoms with van der Waals surface area (Å²) in [6.45, 7) is 16.4. The van der Waals surface area contributed by atoms with Crippen LogP contribution in [0.15, 0.2) is 0 Å². The Bertz CT molecular complexity index is 235. The topological polar surface area (TPSA) is 29.5 Å². The molecule has 0 saturated carbocycles. The van der Waals surface area contributed by atoms with Crippen molar-refractivity contribution in [3.63, 3.8) is 0 Å². The van der Waals surface area contributed by atoms with Crippen LogP contribution in [0, 0.1) is 5.41 Å². The van der Waals surface area contributed by atoms with Gasteiger partial charge in [-0.2, -0.15) is 0 Å². The summed E-state index contributed by atoms with van der Waals surface area (Å²) in [5.41, 5.74) is -0.0935. The molecule has 0 aliphatic heterocycles. The Morgan fingerprint density at radius 2 is 1.62 bits per heavy atom. The molecule has 0 aliphatic rings. The molecule has 96 valence electrons. The Hall–Kier alpha value is -0.570. The molecule has 0 heterocycles. The Labute approximate surface area is 100 Å². The van der Waals surface area contributed by atoms with Gasteiger partial charge in [-0.05, 0) is 33.1 Å². The molecule has 3 nitrogen and oxygen atoms in total. The SMILES string of the molecule is CC(=O)N(COC(C)C(C)(C)C)C(C)(C)C. The van der Waals surface area contributed by atoms with Gasteiger partial charge in [0, 0.05) is 12.5 Å². The number of rotatable bonds is 3. The lowest BCUT2D eigenvalue weighted by Crippen LogP contribution is -2.47. The van der Waals surface area contributed by atoms with Crippen LogP contribution in [0.4, 0.5) is 0 Å². The van der Waals surface area contributed by atoms with Crippen molar-refractivity contribution in [3.05, 3.63) is 0 Å². The minimum atomic E-state index is -0.191. The number of carbonyl (C=O) groups is 1. The van der Waals surface area contributed by atoms with E-state index < -0.39 is 0 Å². The molecule has 16 heavy (non-hydrogen) atoms. The molecule has 0 rings (SSSR count). The zero-order valence-corrected chi connectivity index (χ0v) is 12.0. The maximum absolute atomic E-state index is 11.5. The summed E-state index contributed by atoms with van der Waals surface area (Å²) in [7, 11) is 0. The van der Waals surface area contributed by atoms with E-state index in [1.807, 2.05) is 27.7 Å². The molecule has 0 fully saturated rings. The second kappa shape index (κ2) is 5.17. The highest BCUT2D eigenvalue weighted by atomic mass is 16.5. The fourth-order valence-electron chi connectivity index (χ4n) is 1.19. The molecule has 0 aliphatic carbocycles. The van der Waals surface area contributed by atoms with Crippen LogP contribution in [-0.2, 0) is 9.53 Å². The van der Waals surface area contributed by atoms with Crippen LogP contribution in [0.25, 0.3) is 0 Å². The molecule has 3 heteroatoms. The van der Waals surface area contributed by atoms with Crippen molar-refractivity contribution in [1.29, 1.82) is 0 Å². The van der Waals surface area contributed by atoms with Crippen molar-refractivity contribution in [2.45, 2.75) is 67.0 Å². The first-order valence-corrected chi connectivity index (χ1v) is 5.86. The fourth-order valence-corrected chi connectivity index (χ4v) is 1.19. The molecule has 0 saturated heterocycles. The fraction of sp³-hybridized carbons (Fsp3) is 0.923. The highest BCUT2D eigenvalue weighted by molar-refractivity contribution is 5.73. The van der Waals surface area contributed by atoms with Gasteiger partial charge in [0.2, 0.25) is 5.91 Å². The lowest BCUT2D eigenvalue weighted by atomic mass is 9.90. The second-order valence-electron chi connectivity index (χ2n) is 6.42. The third-order valence-corrected chi connectivity index (χ3v) is 2.86. The molecule has 0 spiro atoms. The molecule has 0 aromatic rings. The van der Waals surface area contributed by atoms with Gasteiger partial charge in [0.1, 0.15) is 6.73 Å². The molecule has 0 aromatic carbocycles. The molecule has 0 N–H and O–H groups in total. The van der Waals surface area contributed by atoms with E-state index in [0.717, 1.165) is 0 Å². The first kappa shape index (κ1) is 15.4. The number of ether oxygens (including phenoxy) is 1. The first-order chi connectivity index (χ1) is 6.96. The van der Waals surface area contributed by atoms with Gasteiger partial charge >= 0.3 is 0 Å². The van der Waals surface area contributed by atoms with Gasteiger partial charge in [-0.3, -0.25) is 4.79 Å². The van der Waals surface area contributed by atoms with E-state index in [1.54, 1.807) is 11.8 Å². The van der Waals surface area contributed by atoms with Gasteiger partial charge in [0.05, 0.1) is 6.10 Å². The summed E-state index contributed by atoms with van der Waals surface area (Å²) in [5, 5.41) is 0. The van der Waals surface area contributed by atoms with Crippen molar-refractivity contribution in [2.75, 3.05) is 6.73 Å². The normalized spacial score (nSPS) is 14.8. The maximum Gasteiger partial charge on any atom is 0.221 e. The molecule has 0 radical (unpaired) electrons. The Morgan fingerprint density at radius 1 is 1.19 bits per heavy atom. The second-order valence-corrected chi connectivity index (χ2v) is 6.42. The summed E-state index contributed by atoms with van der Waals surface area (Å²) >= 11 is 0. The van der Waals surface area contributed by atoms with Gasteiger partial charge in [-0.1, -0.05) is 20.8 Å². The molecule has 0 bridgehead atoms. The minimum Gasteiger partial charge on any atom is -0.358 e. The van der Waals surface area contributed by atoms with Crippen LogP contribution in [0.1, 0.15) is 55.4 Å². The lowest BCUT2D eigenvalue weighted by molar-refractivity contribution is -0.147. The quantitative estimate of drug-likeness (QED) is 0.696. The van der Waals surface area contributed by atoms with Crippen molar-refractivity contribution >= 4 is 5.91 Å². The number of hydrogen-bond acceptors (Lipinski definition) is 2. The molecule has 0 aromatic heterocycles. The minimum absolute atomic E-state index is 0.0496. The van der Waals surface area contributed by atoms with Gasteiger partial charge in [-0.25, -0.2) is 0 Å². The summed E-state index contributed by atoms with van der Waals surface area (Å²) in [4.78, 5) is 13.2. The molecule has 1 unspecified atom stereocenters. The van der Waals surface area contributed by atoms with Crippen molar-refractivity contribution in [3.8, 4) is 0 Å². The molecular weight excluding hydrogens is 202 g/mol. The number of hydrogen-bond donors (Lipinski definition) is 0. The van der Waals surface area contributed by atoms with Crippen molar-refractivity contribution in [1.82, 2.24) is 4.90 Å². The summed E-state index contributed by atoms with van der Waals surface area (Å²) in [6, 6.07) is 0. The van der Waals surface area contributed by atoms with E-state index in [-0.39, 0.29) is 23.0 Å². The summed E-state index contributed by atoms with van der Waals surface area (Å²) in [6.07, 6.45) is 0.122. The van der Waals surface area contributed by atoms with E-state index in [1.165, 1.54) is 0 Å². The highest BCUT2D eigenvalue weighted by Crippen LogP contribution is 2.23. The van der Waals surface area contributed by atoms with E-state index in [9.17, 15) is 4.79 Å². The first-order valence-electron chi connectivity index (χ1n) is 5.86. The zero-order chi connectivity index (χ0) is 13.1. The smallest absolute Gasteiger partial charge is 0.221 e. The van der Waals surface area contributed by atoms with Crippen molar-refractivity contribution in [2.24, 2.45) is 5.41 Å². The molecule has 1 amide bonds. The Kier molecular flexibility index (Phi) is 4.99. The Balaban J connectivity index is 4.42. The third kappa shape index (κ3) is 4.97. The van der Waals surface area contributed by atoms with Crippen LogP contribution in [0.2, 0.25) is 0 Å². The monoisotopic (exact) mass is 229 g/mol. The van der Waals surface area contributed by atoms with Gasteiger partial charge < -0.3 is 9.64 Å². The van der Waals surface area contributed by atoms with E-state index in [0.29, 0.717) is 6.73 Å². The van der Waals surface area contributed by atoms with Crippen LogP contribution >= 0.6 is 0 Å². The van der Waals surface area contributed by atoms with Crippen LogP contribution in [0.5, 0.6) is 0 Å². The largest absolute Gasteiger partial charge is 0.358 e. The third-order valence-electron chi connectivity index (χ3n) is 2.86. The Morgan fingerprint density at radius 3 is 1.88 bits per heavy atom.